The van der Waals surface area contributed by atoms with Crippen LogP contribution in [-0.2, 0) is 4.79 Å². The summed E-state index contributed by atoms with van der Waals surface area (Å²) in [6.45, 7) is 3.87. The van der Waals surface area contributed by atoms with Crippen LogP contribution in [0.4, 0.5) is 10.8 Å². The smallest absolute Gasteiger partial charge is 0.233 e. The van der Waals surface area contributed by atoms with E-state index in [0.717, 1.165) is 41.2 Å². The highest BCUT2D eigenvalue weighted by molar-refractivity contribution is 8.01. The summed E-state index contributed by atoms with van der Waals surface area (Å²) in [5.74, 6) is 2.15. The molecule has 140 valence electrons. The number of methoxy groups -OCH3 is 1. The summed E-state index contributed by atoms with van der Waals surface area (Å²) >= 11 is 2.92. The van der Waals surface area contributed by atoms with Crippen molar-refractivity contribution in [1.29, 1.82) is 0 Å². The Morgan fingerprint density at radius 2 is 2.12 bits per heavy atom. The fourth-order valence-corrected chi connectivity index (χ4v) is 4.21. The molecule has 0 spiro atoms. The molecule has 0 bridgehead atoms. The number of carbonyl (C=O) groups excluding carboxylic acids is 1. The zero-order valence-electron chi connectivity index (χ0n) is 15.1. The minimum Gasteiger partial charge on any atom is -0.497 e. The van der Waals surface area contributed by atoms with Crippen LogP contribution in [-0.4, -0.2) is 47.0 Å². The minimum absolute atomic E-state index is 0.198. The van der Waals surface area contributed by atoms with Gasteiger partial charge >= 0.3 is 0 Å². The number of carbonyl (C=O) groups is 1. The first-order chi connectivity index (χ1) is 12.7. The van der Waals surface area contributed by atoms with E-state index < -0.39 is 0 Å². The van der Waals surface area contributed by atoms with Crippen molar-refractivity contribution in [2.45, 2.75) is 30.5 Å². The average Bonchev–Trinajstić information content (AvgIpc) is 3.37. The molecule has 0 aliphatic heterocycles. The Labute approximate surface area is 162 Å². The third kappa shape index (κ3) is 5.60. The lowest BCUT2D eigenvalue weighted by Gasteiger charge is -2.21. The van der Waals surface area contributed by atoms with Crippen LogP contribution in [0.15, 0.2) is 28.6 Å². The van der Waals surface area contributed by atoms with Crippen LogP contribution in [0.2, 0.25) is 0 Å². The molecule has 3 rings (SSSR count). The molecular formula is C18H24N4O2S2. The lowest BCUT2D eigenvalue weighted by Crippen LogP contribution is -2.34. The second kappa shape index (κ2) is 9.23. The number of aromatic nitrogens is 2. The predicted molar refractivity (Wildman–Crippen MR) is 107 cm³/mol. The number of nitrogens with one attached hydrogen (secondary N) is 1. The van der Waals surface area contributed by atoms with Gasteiger partial charge in [0.25, 0.3) is 0 Å². The van der Waals surface area contributed by atoms with Crippen LogP contribution in [0.1, 0.15) is 26.2 Å². The van der Waals surface area contributed by atoms with Gasteiger partial charge < -0.3 is 15.0 Å². The maximum Gasteiger partial charge on any atom is 0.233 e. The van der Waals surface area contributed by atoms with Crippen LogP contribution >= 0.6 is 23.1 Å². The van der Waals surface area contributed by atoms with Gasteiger partial charge in [-0.3, -0.25) is 4.79 Å². The molecule has 1 N–H and O–H groups in total. The van der Waals surface area contributed by atoms with Crippen molar-refractivity contribution in [1.82, 2.24) is 15.1 Å². The van der Waals surface area contributed by atoms with Gasteiger partial charge in [-0.15, -0.1) is 10.2 Å². The molecule has 0 unspecified atom stereocenters. The van der Waals surface area contributed by atoms with Crippen molar-refractivity contribution < 1.29 is 9.53 Å². The molecule has 1 aromatic carbocycles. The van der Waals surface area contributed by atoms with Gasteiger partial charge in [-0.05, 0) is 49.4 Å². The normalized spacial score (nSPS) is 13.5. The number of benzene rings is 1. The van der Waals surface area contributed by atoms with Crippen LogP contribution in [0.5, 0.6) is 5.75 Å². The fourth-order valence-electron chi connectivity index (χ4n) is 2.53. The predicted octanol–water partition coefficient (Wildman–Crippen LogP) is 4.03. The van der Waals surface area contributed by atoms with Gasteiger partial charge in [0.05, 0.1) is 12.9 Å². The van der Waals surface area contributed by atoms with Crippen LogP contribution < -0.4 is 10.1 Å². The van der Waals surface area contributed by atoms with E-state index in [4.69, 9.17) is 4.74 Å². The first kappa shape index (κ1) is 19.0. The fraction of sp³-hybridized carbons (Fsp3) is 0.500. The van der Waals surface area contributed by atoms with E-state index in [1.807, 2.05) is 29.2 Å². The van der Waals surface area contributed by atoms with Gasteiger partial charge in [0.15, 0.2) is 4.34 Å². The van der Waals surface area contributed by atoms with Crippen LogP contribution in [0, 0.1) is 5.92 Å². The summed E-state index contributed by atoms with van der Waals surface area (Å²) < 4.78 is 5.95. The van der Waals surface area contributed by atoms with E-state index in [0.29, 0.717) is 10.9 Å². The van der Waals surface area contributed by atoms with Crippen molar-refractivity contribution in [2.75, 3.05) is 31.3 Å². The first-order valence-electron chi connectivity index (χ1n) is 8.83. The van der Waals surface area contributed by atoms with E-state index >= 15 is 0 Å². The zero-order chi connectivity index (χ0) is 18.4. The number of anilines is 2. The summed E-state index contributed by atoms with van der Waals surface area (Å²) in [7, 11) is 1.64. The molecule has 0 saturated heterocycles. The Morgan fingerprint density at radius 3 is 2.77 bits per heavy atom. The molecule has 1 amide bonds. The average molecular weight is 393 g/mol. The third-order valence-electron chi connectivity index (χ3n) is 4.09. The van der Waals surface area contributed by atoms with Gasteiger partial charge in [0.1, 0.15) is 5.75 Å². The van der Waals surface area contributed by atoms with Crippen molar-refractivity contribution in [3.63, 3.8) is 0 Å². The van der Waals surface area contributed by atoms with E-state index in [-0.39, 0.29) is 5.91 Å². The summed E-state index contributed by atoms with van der Waals surface area (Å²) in [5, 5.41) is 12.3. The maximum atomic E-state index is 12.5. The Morgan fingerprint density at radius 1 is 1.35 bits per heavy atom. The molecule has 1 heterocycles. The zero-order valence-corrected chi connectivity index (χ0v) is 16.7. The molecule has 8 heteroatoms. The number of ether oxygens (including phenoxy) is 1. The largest absolute Gasteiger partial charge is 0.497 e. The van der Waals surface area contributed by atoms with E-state index in [1.54, 1.807) is 7.11 Å². The van der Waals surface area contributed by atoms with E-state index in [1.165, 1.54) is 35.9 Å². The highest BCUT2D eigenvalue weighted by Gasteiger charge is 2.26. The molecule has 1 aliphatic carbocycles. The van der Waals surface area contributed by atoms with E-state index in [2.05, 4.69) is 22.4 Å². The lowest BCUT2D eigenvalue weighted by molar-refractivity contribution is -0.128. The molecule has 1 aromatic heterocycles. The minimum atomic E-state index is 0.198. The van der Waals surface area contributed by atoms with Gasteiger partial charge in [0.2, 0.25) is 11.0 Å². The van der Waals surface area contributed by atoms with Gasteiger partial charge in [-0.25, -0.2) is 0 Å². The van der Waals surface area contributed by atoms with Crippen molar-refractivity contribution in [3.8, 4) is 5.75 Å². The van der Waals surface area contributed by atoms with Crippen LogP contribution in [0.25, 0.3) is 0 Å². The molecule has 6 nitrogen and oxygen atoms in total. The summed E-state index contributed by atoms with van der Waals surface area (Å²) in [5.41, 5.74) is 0.924. The number of amides is 1. The molecule has 0 radical (unpaired) electrons. The third-order valence-corrected chi connectivity index (χ3v) is 6.05. The molecule has 26 heavy (non-hydrogen) atoms. The molecule has 1 fully saturated rings. The Kier molecular flexibility index (Phi) is 6.73. The molecular weight excluding hydrogens is 368 g/mol. The second-order valence-electron chi connectivity index (χ2n) is 6.30. The number of nitrogens with zero attached hydrogens (tertiary/aromatic N) is 3. The SMILES string of the molecule is CCCN(CC1CC1)C(=O)CSc1nnc(Nc2ccc(OC)cc2)s1. The quantitative estimate of drug-likeness (QED) is 0.616. The topological polar surface area (TPSA) is 67.4 Å². The number of rotatable bonds is 10. The standard InChI is InChI=1S/C18H24N4O2S2/c1-3-10-22(11-13-4-5-13)16(23)12-25-18-21-20-17(26-18)19-14-6-8-15(24-2)9-7-14/h6-9,13H,3-5,10-12H2,1-2H3,(H,19,20). The number of hydrogen-bond donors (Lipinski definition) is 1. The van der Waals surface area contributed by atoms with Crippen molar-refractivity contribution in [3.05, 3.63) is 24.3 Å². The maximum absolute atomic E-state index is 12.5. The molecule has 0 atom stereocenters. The number of hydrogen-bond acceptors (Lipinski definition) is 7. The summed E-state index contributed by atoms with van der Waals surface area (Å²) in [6.07, 6.45) is 3.52. The Hall–Kier alpha value is -1.80. The van der Waals surface area contributed by atoms with Crippen molar-refractivity contribution >= 4 is 39.8 Å². The van der Waals surface area contributed by atoms with Gasteiger partial charge in [0, 0.05) is 18.8 Å². The van der Waals surface area contributed by atoms with Crippen molar-refractivity contribution in [2.24, 2.45) is 5.92 Å². The van der Waals surface area contributed by atoms with Crippen LogP contribution in [0.3, 0.4) is 0 Å². The molecule has 1 saturated carbocycles. The second-order valence-corrected chi connectivity index (χ2v) is 8.50. The first-order valence-corrected chi connectivity index (χ1v) is 10.6. The Balaban J connectivity index is 1.49. The lowest BCUT2D eigenvalue weighted by atomic mass is 10.3. The summed E-state index contributed by atoms with van der Waals surface area (Å²) in [6, 6.07) is 7.63. The van der Waals surface area contributed by atoms with Gasteiger partial charge in [-0.2, -0.15) is 0 Å². The number of thioether (sulfide) groups is 1. The molecule has 2 aromatic rings. The highest BCUT2D eigenvalue weighted by atomic mass is 32.2. The highest BCUT2D eigenvalue weighted by Crippen LogP contribution is 2.31. The Bertz CT molecular complexity index is 716. The van der Waals surface area contributed by atoms with E-state index in [9.17, 15) is 4.79 Å². The van der Waals surface area contributed by atoms with Gasteiger partial charge in [-0.1, -0.05) is 30.0 Å². The summed E-state index contributed by atoms with van der Waals surface area (Å²) in [4.78, 5) is 14.5. The monoisotopic (exact) mass is 392 g/mol. The molecule has 1 aliphatic rings.